The van der Waals surface area contributed by atoms with Crippen LogP contribution in [0.2, 0.25) is 5.02 Å². The number of benzene rings is 1. The molecule has 0 saturated heterocycles. The molecule has 0 spiro atoms. The summed E-state index contributed by atoms with van der Waals surface area (Å²) in [4.78, 5) is 12.7. The smallest absolute Gasteiger partial charge is 0.233 e. The van der Waals surface area contributed by atoms with E-state index in [2.05, 4.69) is 19.2 Å². The number of nitrogens with one attached hydrogen (secondary N) is 1. The van der Waals surface area contributed by atoms with E-state index in [4.69, 9.17) is 11.6 Å². The molecule has 0 heterocycles. The number of hydrogen-bond acceptors (Lipinski definition) is 2. The van der Waals surface area contributed by atoms with E-state index < -0.39 is 0 Å². The molecule has 1 atom stereocenters. The van der Waals surface area contributed by atoms with Gasteiger partial charge in [-0.15, -0.1) is 11.8 Å². The van der Waals surface area contributed by atoms with Crippen molar-refractivity contribution in [2.75, 3.05) is 6.54 Å². The standard InChI is InChI=1S/C13H18ClNOS/c1-9(2)8-15-13(16)10(3)17-12-7-5-4-6-11(12)14/h4-7,9-10H,8H2,1-3H3,(H,15,16). The van der Waals surface area contributed by atoms with Crippen molar-refractivity contribution in [2.45, 2.75) is 30.9 Å². The van der Waals surface area contributed by atoms with Gasteiger partial charge in [0.1, 0.15) is 0 Å². The summed E-state index contributed by atoms with van der Waals surface area (Å²) in [5.74, 6) is 0.528. The number of rotatable bonds is 5. The van der Waals surface area contributed by atoms with E-state index in [1.54, 1.807) is 0 Å². The van der Waals surface area contributed by atoms with E-state index in [9.17, 15) is 4.79 Å². The Morgan fingerprint density at radius 1 is 1.35 bits per heavy atom. The number of thioether (sulfide) groups is 1. The average molecular weight is 272 g/mol. The van der Waals surface area contributed by atoms with Crippen LogP contribution in [0.3, 0.4) is 0 Å². The maximum Gasteiger partial charge on any atom is 0.233 e. The summed E-state index contributed by atoms with van der Waals surface area (Å²) in [6.07, 6.45) is 0. The first kappa shape index (κ1) is 14.4. The summed E-state index contributed by atoms with van der Waals surface area (Å²) in [5, 5.41) is 3.48. The summed E-state index contributed by atoms with van der Waals surface area (Å²) in [6, 6.07) is 7.57. The molecule has 0 fully saturated rings. The van der Waals surface area contributed by atoms with Gasteiger partial charge in [0.25, 0.3) is 0 Å². The number of halogens is 1. The maximum atomic E-state index is 11.8. The molecule has 1 amide bonds. The quantitative estimate of drug-likeness (QED) is 0.829. The zero-order chi connectivity index (χ0) is 12.8. The van der Waals surface area contributed by atoms with Gasteiger partial charge in [0.15, 0.2) is 0 Å². The third kappa shape index (κ3) is 5.00. The summed E-state index contributed by atoms with van der Waals surface area (Å²) < 4.78 is 0. The zero-order valence-electron chi connectivity index (χ0n) is 10.4. The molecule has 94 valence electrons. The first-order valence-electron chi connectivity index (χ1n) is 5.69. The fourth-order valence-electron chi connectivity index (χ4n) is 1.23. The zero-order valence-corrected chi connectivity index (χ0v) is 11.9. The molecule has 1 rings (SSSR count). The molecule has 0 saturated carbocycles. The van der Waals surface area contributed by atoms with Gasteiger partial charge < -0.3 is 5.32 Å². The Morgan fingerprint density at radius 3 is 2.59 bits per heavy atom. The van der Waals surface area contributed by atoms with E-state index in [1.807, 2.05) is 31.2 Å². The molecular weight excluding hydrogens is 254 g/mol. The molecule has 1 aromatic carbocycles. The van der Waals surface area contributed by atoms with Crippen LogP contribution in [-0.2, 0) is 4.79 Å². The lowest BCUT2D eigenvalue weighted by atomic mass is 10.2. The average Bonchev–Trinajstić information content (AvgIpc) is 2.28. The monoisotopic (exact) mass is 271 g/mol. The molecule has 1 aromatic rings. The van der Waals surface area contributed by atoms with Crippen LogP contribution >= 0.6 is 23.4 Å². The van der Waals surface area contributed by atoms with Gasteiger partial charge in [-0.25, -0.2) is 0 Å². The fraction of sp³-hybridized carbons (Fsp3) is 0.462. The van der Waals surface area contributed by atoms with Crippen LogP contribution in [-0.4, -0.2) is 17.7 Å². The van der Waals surface area contributed by atoms with Crippen LogP contribution in [0.1, 0.15) is 20.8 Å². The highest BCUT2D eigenvalue weighted by molar-refractivity contribution is 8.00. The minimum atomic E-state index is -0.131. The van der Waals surface area contributed by atoms with E-state index in [0.717, 1.165) is 4.90 Å². The van der Waals surface area contributed by atoms with Crippen LogP contribution in [0.5, 0.6) is 0 Å². The Bertz CT molecular complexity index is 381. The van der Waals surface area contributed by atoms with Gasteiger partial charge in [-0.1, -0.05) is 37.6 Å². The predicted octanol–water partition coefficient (Wildman–Crippen LogP) is 3.59. The molecule has 0 aromatic heterocycles. The van der Waals surface area contributed by atoms with Crippen molar-refractivity contribution in [3.8, 4) is 0 Å². The van der Waals surface area contributed by atoms with Crippen LogP contribution in [0.4, 0.5) is 0 Å². The largest absolute Gasteiger partial charge is 0.355 e. The lowest BCUT2D eigenvalue weighted by Crippen LogP contribution is -2.33. The predicted molar refractivity (Wildman–Crippen MR) is 74.6 cm³/mol. The molecule has 0 aliphatic carbocycles. The van der Waals surface area contributed by atoms with E-state index in [-0.39, 0.29) is 11.2 Å². The molecule has 1 unspecified atom stereocenters. The Balaban J connectivity index is 2.51. The lowest BCUT2D eigenvalue weighted by molar-refractivity contribution is -0.120. The van der Waals surface area contributed by atoms with E-state index in [1.165, 1.54) is 11.8 Å². The molecule has 17 heavy (non-hydrogen) atoms. The van der Waals surface area contributed by atoms with Crippen LogP contribution in [0, 0.1) is 5.92 Å². The molecule has 2 nitrogen and oxygen atoms in total. The molecule has 0 bridgehead atoms. The van der Waals surface area contributed by atoms with Crippen LogP contribution in [0.15, 0.2) is 29.2 Å². The van der Waals surface area contributed by atoms with Gasteiger partial charge in [-0.3, -0.25) is 4.79 Å². The number of amides is 1. The molecule has 1 N–H and O–H groups in total. The number of carbonyl (C=O) groups is 1. The highest BCUT2D eigenvalue weighted by Crippen LogP contribution is 2.29. The third-order valence-electron chi connectivity index (χ3n) is 2.19. The summed E-state index contributed by atoms with van der Waals surface area (Å²) in [6.45, 7) is 6.76. The second-order valence-electron chi connectivity index (χ2n) is 4.33. The van der Waals surface area contributed by atoms with Crippen LogP contribution < -0.4 is 5.32 Å². The van der Waals surface area contributed by atoms with Crippen molar-refractivity contribution in [2.24, 2.45) is 5.92 Å². The second-order valence-corrected chi connectivity index (χ2v) is 6.12. The summed E-state index contributed by atoms with van der Waals surface area (Å²) in [7, 11) is 0. The maximum absolute atomic E-state index is 11.8. The number of hydrogen-bond donors (Lipinski definition) is 1. The highest BCUT2D eigenvalue weighted by atomic mass is 35.5. The highest BCUT2D eigenvalue weighted by Gasteiger charge is 2.15. The van der Waals surface area contributed by atoms with Gasteiger partial charge in [-0.05, 0) is 25.0 Å². The fourth-order valence-corrected chi connectivity index (χ4v) is 2.41. The minimum absolute atomic E-state index is 0.0589. The summed E-state index contributed by atoms with van der Waals surface area (Å²) >= 11 is 7.53. The normalized spacial score (nSPS) is 12.5. The summed E-state index contributed by atoms with van der Waals surface area (Å²) in [5.41, 5.74) is 0. The first-order chi connectivity index (χ1) is 8.00. The van der Waals surface area contributed by atoms with Crippen molar-refractivity contribution in [3.63, 3.8) is 0 Å². The van der Waals surface area contributed by atoms with Gasteiger partial charge >= 0.3 is 0 Å². The Labute approximate surface area is 112 Å². The Kier molecular flexibility index (Phi) is 5.86. The lowest BCUT2D eigenvalue weighted by Gasteiger charge is -2.13. The topological polar surface area (TPSA) is 29.1 Å². The molecule has 0 aliphatic heterocycles. The van der Waals surface area contributed by atoms with Crippen molar-refractivity contribution in [1.29, 1.82) is 0 Å². The SMILES string of the molecule is CC(C)CNC(=O)C(C)Sc1ccccc1Cl. The Morgan fingerprint density at radius 2 is 2.00 bits per heavy atom. The van der Waals surface area contributed by atoms with Gasteiger partial charge in [0, 0.05) is 11.4 Å². The second kappa shape index (κ2) is 6.92. The van der Waals surface area contributed by atoms with Gasteiger partial charge in [0.05, 0.1) is 10.3 Å². The number of carbonyl (C=O) groups excluding carboxylic acids is 1. The van der Waals surface area contributed by atoms with Crippen LogP contribution in [0.25, 0.3) is 0 Å². The molecular formula is C13H18ClNOS. The Hall–Kier alpha value is -0.670. The molecule has 0 radical (unpaired) electrons. The van der Waals surface area contributed by atoms with Gasteiger partial charge in [0.2, 0.25) is 5.91 Å². The van der Waals surface area contributed by atoms with E-state index >= 15 is 0 Å². The van der Waals surface area contributed by atoms with Crippen molar-refractivity contribution < 1.29 is 4.79 Å². The third-order valence-corrected chi connectivity index (χ3v) is 3.81. The molecule has 4 heteroatoms. The van der Waals surface area contributed by atoms with Crippen molar-refractivity contribution >= 4 is 29.3 Å². The molecule has 0 aliphatic rings. The van der Waals surface area contributed by atoms with Gasteiger partial charge in [-0.2, -0.15) is 0 Å². The van der Waals surface area contributed by atoms with Crippen molar-refractivity contribution in [1.82, 2.24) is 5.32 Å². The minimum Gasteiger partial charge on any atom is -0.355 e. The first-order valence-corrected chi connectivity index (χ1v) is 6.95. The van der Waals surface area contributed by atoms with E-state index in [0.29, 0.717) is 17.5 Å². The van der Waals surface area contributed by atoms with Crippen molar-refractivity contribution in [3.05, 3.63) is 29.3 Å².